The van der Waals surface area contributed by atoms with Crippen molar-refractivity contribution in [3.8, 4) is 0 Å². The van der Waals surface area contributed by atoms with Gasteiger partial charge in [-0.25, -0.2) is 4.98 Å². The molecule has 0 amide bonds. The molecule has 1 unspecified atom stereocenters. The Labute approximate surface area is 100 Å². The van der Waals surface area contributed by atoms with Crippen LogP contribution in [0.1, 0.15) is 24.8 Å². The summed E-state index contributed by atoms with van der Waals surface area (Å²) in [4.78, 5) is 6.46. The molecule has 0 N–H and O–H groups in total. The molecule has 0 spiro atoms. The Morgan fingerprint density at radius 2 is 2.38 bits per heavy atom. The van der Waals surface area contributed by atoms with Gasteiger partial charge in [0.1, 0.15) is 11.4 Å². The second kappa shape index (κ2) is 4.22. The molecule has 0 radical (unpaired) electrons. The minimum Gasteiger partial charge on any atom is -0.358 e. The molecule has 0 aliphatic carbocycles. The van der Waals surface area contributed by atoms with E-state index in [2.05, 4.69) is 9.88 Å². The van der Waals surface area contributed by atoms with Gasteiger partial charge in [-0.1, -0.05) is 11.6 Å². The summed E-state index contributed by atoms with van der Waals surface area (Å²) >= 11 is 6.10. The van der Waals surface area contributed by atoms with Crippen LogP contribution in [0.25, 0.3) is 0 Å². The lowest BCUT2D eigenvalue weighted by Crippen LogP contribution is -2.38. The Morgan fingerprint density at radius 3 is 3.19 bits per heavy atom. The largest absolute Gasteiger partial charge is 0.358 e. The number of rotatable bonds is 1. The summed E-state index contributed by atoms with van der Waals surface area (Å²) in [5, 5.41) is 0.649. The average molecular weight is 239 g/mol. The number of halogens is 1. The van der Waals surface area contributed by atoms with E-state index in [1.807, 2.05) is 6.07 Å². The maximum atomic E-state index is 6.10. The second-order valence-corrected chi connectivity index (χ2v) is 4.72. The van der Waals surface area contributed by atoms with Crippen molar-refractivity contribution < 1.29 is 4.74 Å². The van der Waals surface area contributed by atoms with E-state index in [4.69, 9.17) is 16.3 Å². The molecule has 4 heteroatoms. The lowest BCUT2D eigenvalue weighted by atomic mass is 10.1. The third kappa shape index (κ3) is 1.68. The van der Waals surface area contributed by atoms with Crippen molar-refractivity contribution in [2.45, 2.75) is 31.9 Å². The highest BCUT2D eigenvalue weighted by atomic mass is 35.5. The number of nitrogens with zero attached hydrogens (tertiary/aromatic N) is 2. The van der Waals surface area contributed by atoms with Crippen LogP contribution in [0.5, 0.6) is 0 Å². The Bertz CT molecular complexity index is 391. The molecule has 1 aromatic rings. The van der Waals surface area contributed by atoms with E-state index in [0.717, 1.165) is 26.0 Å². The lowest BCUT2D eigenvalue weighted by molar-refractivity contribution is 0.0154. The van der Waals surface area contributed by atoms with Crippen LogP contribution < -0.4 is 4.90 Å². The van der Waals surface area contributed by atoms with E-state index in [1.165, 1.54) is 24.1 Å². The first-order chi connectivity index (χ1) is 7.86. The summed E-state index contributed by atoms with van der Waals surface area (Å²) in [5.41, 5.74) is 2.39. The number of anilines is 1. The van der Waals surface area contributed by atoms with Gasteiger partial charge in [0.05, 0.1) is 0 Å². The van der Waals surface area contributed by atoms with E-state index < -0.39 is 0 Å². The summed E-state index contributed by atoms with van der Waals surface area (Å²) < 4.78 is 5.82. The molecule has 1 atom stereocenters. The first-order valence-electron chi connectivity index (χ1n) is 5.88. The molecule has 1 saturated heterocycles. The van der Waals surface area contributed by atoms with Gasteiger partial charge in [0.15, 0.2) is 0 Å². The summed E-state index contributed by atoms with van der Waals surface area (Å²) in [7, 11) is 0. The number of hydrogen-bond donors (Lipinski definition) is 0. The van der Waals surface area contributed by atoms with E-state index >= 15 is 0 Å². The summed E-state index contributed by atoms with van der Waals surface area (Å²) in [6, 6.07) is 2.05. The molecule has 3 rings (SSSR count). The normalized spacial score (nSPS) is 24.6. The molecule has 1 fully saturated rings. The van der Waals surface area contributed by atoms with Crippen LogP contribution in [0.2, 0.25) is 5.15 Å². The molecule has 3 heterocycles. The van der Waals surface area contributed by atoms with Crippen LogP contribution in [-0.4, -0.2) is 24.4 Å². The number of ether oxygens (including phenoxy) is 1. The molecule has 16 heavy (non-hydrogen) atoms. The summed E-state index contributed by atoms with van der Waals surface area (Å²) in [6.07, 6.45) is 6.58. The molecule has 0 bridgehead atoms. The Morgan fingerprint density at radius 1 is 1.44 bits per heavy atom. The van der Waals surface area contributed by atoms with Gasteiger partial charge in [-0.2, -0.15) is 0 Å². The van der Waals surface area contributed by atoms with Gasteiger partial charge in [0.25, 0.3) is 0 Å². The van der Waals surface area contributed by atoms with Gasteiger partial charge in [0.2, 0.25) is 0 Å². The van der Waals surface area contributed by atoms with E-state index in [9.17, 15) is 0 Å². The highest BCUT2D eigenvalue weighted by Gasteiger charge is 2.29. The van der Waals surface area contributed by atoms with Crippen molar-refractivity contribution in [1.82, 2.24) is 4.98 Å². The number of pyridine rings is 1. The smallest absolute Gasteiger partial charge is 0.134 e. The van der Waals surface area contributed by atoms with E-state index in [0.29, 0.717) is 5.15 Å². The zero-order valence-electron chi connectivity index (χ0n) is 9.16. The standard InChI is InChI=1S/C12H15ClN2O/c13-12-9-5-7-15(10(9)4-6-14-12)11-3-1-2-8-16-11/h4,6,11H,1-3,5,7-8H2. The molecule has 2 aliphatic heterocycles. The Kier molecular flexibility index (Phi) is 2.74. The van der Waals surface area contributed by atoms with Gasteiger partial charge in [-0.3, -0.25) is 0 Å². The zero-order chi connectivity index (χ0) is 11.0. The van der Waals surface area contributed by atoms with E-state index in [1.54, 1.807) is 6.20 Å². The third-order valence-corrected chi connectivity index (χ3v) is 3.72. The highest BCUT2D eigenvalue weighted by Crippen LogP contribution is 2.35. The van der Waals surface area contributed by atoms with Gasteiger partial charge < -0.3 is 9.64 Å². The fourth-order valence-electron chi connectivity index (χ4n) is 2.58. The first kappa shape index (κ1) is 10.4. The van der Waals surface area contributed by atoms with Crippen LogP contribution in [0, 0.1) is 0 Å². The maximum Gasteiger partial charge on any atom is 0.134 e. The van der Waals surface area contributed by atoms with Gasteiger partial charge in [-0.05, 0) is 31.7 Å². The molecule has 1 aromatic heterocycles. The van der Waals surface area contributed by atoms with Gasteiger partial charge in [0, 0.05) is 30.6 Å². The van der Waals surface area contributed by atoms with Gasteiger partial charge >= 0.3 is 0 Å². The monoisotopic (exact) mass is 238 g/mol. The quantitative estimate of drug-likeness (QED) is 0.704. The molecule has 0 aromatic carbocycles. The number of aromatic nitrogens is 1. The van der Waals surface area contributed by atoms with Crippen molar-refractivity contribution >= 4 is 17.3 Å². The van der Waals surface area contributed by atoms with Gasteiger partial charge in [-0.15, -0.1) is 0 Å². The van der Waals surface area contributed by atoms with Crippen LogP contribution in [-0.2, 0) is 11.2 Å². The zero-order valence-corrected chi connectivity index (χ0v) is 9.91. The molecule has 3 nitrogen and oxygen atoms in total. The number of hydrogen-bond acceptors (Lipinski definition) is 3. The minimum atomic E-state index is 0.244. The SMILES string of the molecule is Clc1nccc2c1CCN2C1CCCCO1. The van der Waals surface area contributed by atoms with Crippen molar-refractivity contribution in [2.24, 2.45) is 0 Å². The van der Waals surface area contributed by atoms with Crippen LogP contribution in [0.3, 0.4) is 0 Å². The fourth-order valence-corrected chi connectivity index (χ4v) is 2.83. The fraction of sp³-hybridized carbons (Fsp3) is 0.583. The van der Waals surface area contributed by atoms with Crippen LogP contribution in [0.15, 0.2) is 12.3 Å². The lowest BCUT2D eigenvalue weighted by Gasteiger charge is -2.33. The average Bonchev–Trinajstić information content (AvgIpc) is 2.75. The number of fused-ring (bicyclic) bond motifs is 1. The van der Waals surface area contributed by atoms with Crippen LogP contribution in [0.4, 0.5) is 5.69 Å². The van der Waals surface area contributed by atoms with E-state index in [-0.39, 0.29) is 6.23 Å². The summed E-state index contributed by atoms with van der Waals surface area (Å²) in [6.45, 7) is 1.89. The molecule has 0 saturated carbocycles. The summed E-state index contributed by atoms with van der Waals surface area (Å²) in [5.74, 6) is 0. The van der Waals surface area contributed by atoms with Crippen LogP contribution >= 0.6 is 11.6 Å². The third-order valence-electron chi connectivity index (χ3n) is 3.39. The molecule has 86 valence electrons. The predicted octanol–water partition coefficient (Wildman–Crippen LogP) is 2.62. The van der Waals surface area contributed by atoms with Crippen molar-refractivity contribution in [1.29, 1.82) is 0 Å². The Balaban J connectivity index is 1.87. The second-order valence-electron chi connectivity index (χ2n) is 4.36. The topological polar surface area (TPSA) is 25.4 Å². The Hall–Kier alpha value is -0.800. The highest BCUT2D eigenvalue weighted by molar-refractivity contribution is 6.30. The maximum absolute atomic E-state index is 6.10. The van der Waals surface area contributed by atoms with Crippen molar-refractivity contribution in [2.75, 3.05) is 18.1 Å². The molecular weight excluding hydrogens is 224 g/mol. The van der Waals surface area contributed by atoms with Crippen molar-refractivity contribution in [3.05, 3.63) is 23.0 Å². The molecular formula is C12H15ClN2O. The predicted molar refractivity (Wildman–Crippen MR) is 63.9 cm³/mol. The molecule has 2 aliphatic rings. The van der Waals surface area contributed by atoms with Crippen molar-refractivity contribution in [3.63, 3.8) is 0 Å². The first-order valence-corrected chi connectivity index (χ1v) is 6.25. The minimum absolute atomic E-state index is 0.244.